The van der Waals surface area contributed by atoms with Gasteiger partial charge in [-0.15, -0.1) is 0 Å². The molecule has 1 aromatic rings. The van der Waals surface area contributed by atoms with Crippen molar-refractivity contribution in [2.75, 3.05) is 19.3 Å². The number of benzene rings is 1. The molecule has 0 fully saturated rings. The summed E-state index contributed by atoms with van der Waals surface area (Å²) in [6, 6.07) is 5.71. The molecule has 0 spiro atoms. The Kier molecular flexibility index (Phi) is 5.10. The van der Waals surface area contributed by atoms with Crippen molar-refractivity contribution in [3.8, 4) is 0 Å². The molecule has 2 nitrogen and oxygen atoms in total. The van der Waals surface area contributed by atoms with Gasteiger partial charge in [0, 0.05) is 17.3 Å². The molecule has 0 radical (unpaired) electrons. The monoisotopic (exact) mass is 240 g/mol. The van der Waals surface area contributed by atoms with Gasteiger partial charge in [-0.25, -0.2) is 0 Å². The van der Waals surface area contributed by atoms with E-state index in [9.17, 15) is 0 Å². The number of nitrogens with two attached hydrogens (primary N) is 1. The van der Waals surface area contributed by atoms with Crippen LogP contribution in [0.4, 0.5) is 5.69 Å². The van der Waals surface area contributed by atoms with Crippen LogP contribution in [0.3, 0.4) is 0 Å². The first-order valence-corrected chi connectivity index (χ1v) is 6.09. The van der Waals surface area contributed by atoms with Gasteiger partial charge in [-0.05, 0) is 43.6 Å². The van der Waals surface area contributed by atoms with E-state index in [-0.39, 0.29) is 0 Å². The number of hydrogen-bond donors (Lipinski definition) is 1. The largest absolute Gasteiger partial charge is 0.398 e. The summed E-state index contributed by atoms with van der Waals surface area (Å²) in [4.78, 5) is 2.29. The Balaban J connectivity index is 2.52. The van der Waals surface area contributed by atoms with Gasteiger partial charge in [0.2, 0.25) is 0 Å². The molecule has 90 valence electrons. The smallest absolute Gasteiger partial charge is 0.0426 e. The van der Waals surface area contributed by atoms with E-state index >= 15 is 0 Å². The van der Waals surface area contributed by atoms with Gasteiger partial charge in [-0.1, -0.05) is 31.5 Å². The van der Waals surface area contributed by atoms with Gasteiger partial charge in [0.1, 0.15) is 0 Å². The van der Waals surface area contributed by atoms with Crippen LogP contribution in [0.25, 0.3) is 0 Å². The molecule has 0 saturated carbocycles. The summed E-state index contributed by atoms with van der Waals surface area (Å²) < 4.78 is 0. The average molecular weight is 241 g/mol. The fourth-order valence-corrected chi connectivity index (χ4v) is 1.74. The van der Waals surface area contributed by atoms with Crippen LogP contribution in [0.1, 0.15) is 25.8 Å². The molecule has 16 heavy (non-hydrogen) atoms. The Bertz CT molecular complexity index is 337. The van der Waals surface area contributed by atoms with Crippen LogP contribution >= 0.6 is 11.6 Å². The third kappa shape index (κ3) is 4.42. The number of anilines is 1. The zero-order valence-electron chi connectivity index (χ0n) is 10.3. The first kappa shape index (κ1) is 13.3. The fourth-order valence-electron chi connectivity index (χ4n) is 1.56. The second-order valence-corrected chi connectivity index (χ2v) is 5.20. The molecule has 1 aromatic carbocycles. The molecule has 0 bridgehead atoms. The highest BCUT2D eigenvalue weighted by Gasteiger charge is 2.05. The van der Waals surface area contributed by atoms with Crippen LogP contribution in [0.5, 0.6) is 0 Å². The van der Waals surface area contributed by atoms with Crippen LogP contribution in [0, 0.1) is 5.92 Å². The van der Waals surface area contributed by atoms with Crippen molar-refractivity contribution in [3.05, 3.63) is 28.8 Å². The summed E-state index contributed by atoms with van der Waals surface area (Å²) in [5.74, 6) is 0.741. The first-order chi connectivity index (χ1) is 7.49. The zero-order valence-corrected chi connectivity index (χ0v) is 11.1. The standard InChI is InChI=1S/C13H21ClN2/c1-10(2)6-7-16(3)9-11-4-5-12(14)8-13(11)15/h4-5,8,10H,6-7,9,15H2,1-3H3. The Morgan fingerprint density at radius 2 is 2.06 bits per heavy atom. The minimum absolute atomic E-state index is 0.700. The molecule has 0 saturated heterocycles. The van der Waals surface area contributed by atoms with E-state index in [0.717, 1.165) is 30.3 Å². The Hall–Kier alpha value is -0.730. The molecule has 2 N–H and O–H groups in total. The van der Waals surface area contributed by atoms with E-state index in [1.165, 1.54) is 6.42 Å². The minimum atomic E-state index is 0.700. The lowest BCUT2D eigenvalue weighted by Gasteiger charge is -2.18. The van der Waals surface area contributed by atoms with Crippen LogP contribution < -0.4 is 5.73 Å². The summed E-state index contributed by atoms with van der Waals surface area (Å²) in [6.07, 6.45) is 1.21. The molecule has 0 unspecified atom stereocenters. The summed E-state index contributed by atoms with van der Waals surface area (Å²) in [5.41, 5.74) is 7.84. The van der Waals surface area contributed by atoms with Crippen molar-refractivity contribution in [2.24, 2.45) is 5.92 Å². The third-order valence-electron chi connectivity index (χ3n) is 2.64. The fraction of sp³-hybridized carbons (Fsp3) is 0.538. The van der Waals surface area contributed by atoms with E-state index < -0.39 is 0 Å². The maximum Gasteiger partial charge on any atom is 0.0426 e. The van der Waals surface area contributed by atoms with Gasteiger partial charge in [-0.3, -0.25) is 0 Å². The first-order valence-electron chi connectivity index (χ1n) is 5.71. The SMILES string of the molecule is CC(C)CCN(C)Cc1ccc(Cl)cc1N. The quantitative estimate of drug-likeness (QED) is 0.800. The predicted molar refractivity (Wildman–Crippen MR) is 71.7 cm³/mol. The second kappa shape index (κ2) is 6.12. The van der Waals surface area contributed by atoms with E-state index in [4.69, 9.17) is 17.3 Å². The molecule has 3 heteroatoms. The zero-order chi connectivity index (χ0) is 12.1. The van der Waals surface area contributed by atoms with Crippen LogP contribution in [0.2, 0.25) is 5.02 Å². The molecule has 0 heterocycles. The van der Waals surface area contributed by atoms with Gasteiger partial charge in [-0.2, -0.15) is 0 Å². The Labute approximate surface area is 103 Å². The molecular weight excluding hydrogens is 220 g/mol. The average Bonchev–Trinajstić information content (AvgIpc) is 2.19. The summed E-state index contributed by atoms with van der Waals surface area (Å²) in [5, 5.41) is 0.700. The summed E-state index contributed by atoms with van der Waals surface area (Å²) in [7, 11) is 2.12. The number of nitrogen functional groups attached to an aromatic ring is 1. The highest BCUT2D eigenvalue weighted by molar-refractivity contribution is 6.30. The molecule has 0 aliphatic carbocycles. The maximum atomic E-state index is 5.91. The highest BCUT2D eigenvalue weighted by atomic mass is 35.5. The number of nitrogens with zero attached hydrogens (tertiary/aromatic N) is 1. The predicted octanol–water partition coefficient (Wildman–Crippen LogP) is 3.40. The van der Waals surface area contributed by atoms with E-state index in [1.807, 2.05) is 18.2 Å². The number of rotatable bonds is 5. The van der Waals surface area contributed by atoms with Crippen molar-refractivity contribution < 1.29 is 0 Å². The molecule has 1 rings (SSSR count). The van der Waals surface area contributed by atoms with Gasteiger partial charge in [0.15, 0.2) is 0 Å². The summed E-state index contributed by atoms with van der Waals surface area (Å²) in [6.45, 7) is 6.46. The van der Waals surface area contributed by atoms with E-state index in [2.05, 4.69) is 25.8 Å². The van der Waals surface area contributed by atoms with Crippen molar-refractivity contribution >= 4 is 17.3 Å². The molecule has 0 aliphatic rings. The summed E-state index contributed by atoms with van der Waals surface area (Å²) >= 11 is 5.86. The molecule has 0 aliphatic heterocycles. The van der Waals surface area contributed by atoms with Crippen molar-refractivity contribution in [2.45, 2.75) is 26.8 Å². The number of hydrogen-bond acceptors (Lipinski definition) is 2. The van der Waals surface area contributed by atoms with Gasteiger partial charge < -0.3 is 10.6 Å². The third-order valence-corrected chi connectivity index (χ3v) is 2.87. The molecule has 0 atom stereocenters. The lowest BCUT2D eigenvalue weighted by molar-refractivity contribution is 0.304. The van der Waals surface area contributed by atoms with Crippen molar-refractivity contribution in [3.63, 3.8) is 0 Å². The van der Waals surface area contributed by atoms with Gasteiger partial charge in [0.25, 0.3) is 0 Å². The lowest BCUT2D eigenvalue weighted by atomic mass is 10.1. The topological polar surface area (TPSA) is 29.3 Å². The Morgan fingerprint density at radius 3 is 2.62 bits per heavy atom. The van der Waals surface area contributed by atoms with Gasteiger partial charge in [0.05, 0.1) is 0 Å². The van der Waals surface area contributed by atoms with Crippen LogP contribution in [-0.4, -0.2) is 18.5 Å². The maximum absolute atomic E-state index is 5.91. The van der Waals surface area contributed by atoms with E-state index in [0.29, 0.717) is 5.02 Å². The lowest BCUT2D eigenvalue weighted by Crippen LogP contribution is -2.20. The number of halogens is 1. The van der Waals surface area contributed by atoms with Gasteiger partial charge >= 0.3 is 0 Å². The molecule has 0 aromatic heterocycles. The molecular formula is C13H21ClN2. The van der Waals surface area contributed by atoms with E-state index in [1.54, 1.807) is 0 Å². The molecule has 0 amide bonds. The Morgan fingerprint density at radius 1 is 1.38 bits per heavy atom. The normalized spacial score (nSPS) is 11.4. The highest BCUT2D eigenvalue weighted by Crippen LogP contribution is 2.19. The van der Waals surface area contributed by atoms with Crippen molar-refractivity contribution in [1.82, 2.24) is 4.90 Å². The van der Waals surface area contributed by atoms with Crippen LogP contribution in [0.15, 0.2) is 18.2 Å². The van der Waals surface area contributed by atoms with Crippen LogP contribution in [-0.2, 0) is 6.54 Å². The van der Waals surface area contributed by atoms with Crippen molar-refractivity contribution in [1.29, 1.82) is 0 Å². The minimum Gasteiger partial charge on any atom is -0.398 e. The second-order valence-electron chi connectivity index (χ2n) is 4.76.